The number of aryl methyl sites for hydroxylation is 1. The summed E-state index contributed by atoms with van der Waals surface area (Å²) in [7, 11) is 1.97. The molecule has 1 aliphatic rings. The monoisotopic (exact) mass is 179 g/mol. The zero-order valence-electron chi connectivity index (χ0n) is 8.40. The molecule has 0 spiro atoms. The second-order valence-electron chi connectivity index (χ2n) is 3.89. The molecule has 0 saturated carbocycles. The average molecular weight is 179 g/mol. The molecule has 1 aromatic heterocycles. The predicted octanol–water partition coefficient (Wildman–Crippen LogP) is 1.80. The summed E-state index contributed by atoms with van der Waals surface area (Å²) in [5, 5.41) is 4.43. The molecule has 2 heterocycles. The zero-order valence-corrected chi connectivity index (χ0v) is 8.40. The smallest absolute Gasteiger partial charge is 0.150 e. The topological polar surface area (TPSA) is 21.1 Å². The Hall–Kier alpha value is -0.990. The minimum absolute atomic E-state index is 0.656. The fourth-order valence-electron chi connectivity index (χ4n) is 1.99. The number of piperidine rings is 1. The highest BCUT2D eigenvalue weighted by atomic mass is 15.3. The zero-order chi connectivity index (χ0) is 9.26. The molecular formula is C10H17N3. The summed E-state index contributed by atoms with van der Waals surface area (Å²) in [6.07, 6.45) is 5.98. The van der Waals surface area contributed by atoms with Gasteiger partial charge in [0.15, 0.2) is 5.82 Å². The lowest BCUT2D eigenvalue weighted by atomic mass is 10.0. The van der Waals surface area contributed by atoms with Crippen LogP contribution in [0.4, 0.5) is 5.82 Å². The van der Waals surface area contributed by atoms with Crippen LogP contribution < -0.4 is 4.90 Å². The molecule has 0 aromatic carbocycles. The molecule has 3 heteroatoms. The second-order valence-corrected chi connectivity index (χ2v) is 3.89. The van der Waals surface area contributed by atoms with Crippen LogP contribution in [-0.2, 0) is 7.05 Å². The van der Waals surface area contributed by atoms with Crippen LogP contribution in [0.2, 0.25) is 0 Å². The molecule has 1 aromatic rings. The average Bonchev–Trinajstić information content (AvgIpc) is 2.53. The van der Waals surface area contributed by atoms with Crippen molar-refractivity contribution in [3.63, 3.8) is 0 Å². The predicted molar refractivity (Wildman–Crippen MR) is 53.9 cm³/mol. The van der Waals surface area contributed by atoms with E-state index in [9.17, 15) is 0 Å². The Kier molecular flexibility index (Phi) is 2.25. The van der Waals surface area contributed by atoms with Crippen molar-refractivity contribution in [2.45, 2.75) is 32.2 Å². The molecule has 3 nitrogen and oxygen atoms in total. The minimum Gasteiger partial charge on any atom is -0.352 e. The standard InChI is InChI=1S/C10H17N3/c1-9-5-3-4-7-13(9)10-6-8-12(2)11-10/h6,8-9H,3-5,7H2,1-2H3. The van der Waals surface area contributed by atoms with Gasteiger partial charge in [0.1, 0.15) is 0 Å². The first-order valence-electron chi connectivity index (χ1n) is 5.03. The molecule has 0 N–H and O–H groups in total. The van der Waals surface area contributed by atoms with Crippen LogP contribution in [0.5, 0.6) is 0 Å². The Bertz CT molecular complexity index is 279. The number of hydrogen-bond acceptors (Lipinski definition) is 2. The summed E-state index contributed by atoms with van der Waals surface area (Å²) in [4.78, 5) is 2.41. The maximum Gasteiger partial charge on any atom is 0.150 e. The summed E-state index contributed by atoms with van der Waals surface area (Å²) in [5.74, 6) is 1.13. The van der Waals surface area contributed by atoms with Crippen LogP contribution in [0.15, 0.2) is 12.3 Å². The normalized spacial score (nSPS) is 23.5. The molecule has 1 fully saturated rings. The quantitative estimate of drug-likeness (QED) is 0.655. The molecule has 0 bridgehead atoms. The molecular weight excluding hydrogens is 162 g/mol. The van der Waals surface area contributed by atoms with Gasteiger partial charge < -0.3 is 4.90 Å². The summed E-state index contributed by atoms with van der Waals surface area (Å²) in [5.41, 5.74) is 0. The van der Waals surface area contributed by atoms with Gasteiger partial charge in [-0.2, -0.15) is 5.10 Å². The van der Waals surface area contributed by atoms with Crippen LogP contribution in [0.25, 0.3) is 0 Å². The van der Waals surface area contributed by atoms with Gasteiger partial charge in [-0.3, -0.25) is 4.68 Å². The molecule has 1 saturated heterocycles. The first kappa shape index (κ1) is 8.60. The maximum atomic E-state index is 4.43. The van der Waals surface area contributed by atoms with Crippen LogP contribution in [0.3, 0.4) is 0 Å². The fraction of sp³-hybridized carbons (Fsp3) is 0.700. The van der Waals surface area contributed by atoms with Crippen molar-refractivity contribution in [1.29, 1.82) is 0 Å². The third-order valence-corrected chi connectivity index (χ3v) is 2.80. The summed E-state index contributed by atoms with van der Waals surface area (Å²) in [6.45, 7) is 3.45. The van der Waals surface area contributed by atoms with E-state index in [0.717, 1.165) is 12.4 Å². The van der Waals surface area contributed by atoms with E-state index in [1.807, 2.05) is 17.9 Å². The lowest BCUT2D eigenvalue weighted by Crippen LogP contribution is -2.37. The maximum absolute atomic E-state index is 4.43. The largest absolute Gasteiger partial charge is 0.352 e. The SMILES string of the molecule is CC1CCCCN1c1ccn(C)n1. The molecule has 1 unspecified atom stereocenters. The highest BCUT2D eigenvalue weighted by Crippen LogP contribution is 2.22. The molecule has 13 heavy (non-hydrogen) atoms. The number of nitrogens with zero attached hydrogens (tertiary/aromatic N) is 3. The van der Waals surface area contributed by atoms with E-state index in [2.05, 4.69) is 23.0 Å². The number of rotatable bonds is 1. The Balaban J connectivity index is 2.14. The van der Waals surface area contributed by atoms with Crippen LogP contribution >= 0.6 is 0 Å². The van der Waals surface area contributed by atoms with Gasteiger partial charge in [-0.25, -0.2) is 0 Å². The summed E-state index contributed by atoms with van der Waals surface area (Å²) in [6, 6.07) is 2.76. The van der Waals surface area contributed by atoms with Gasteiger partial charge in [0.05, 0.1) is 0 Å². The first-order chi connectivity index (χ1) is 6.27. The Morgan fingerprint density at radius 1 is 1.46 bits per heavy atom. The Morgan fingerprint density at radius 2 is 2.31 bits per heavy atom. The van der Waals surface area contributed by atoms with Gasteiger partial charge in [0.2, 0.25) is 0 Å². The van der Waals surface area contributed by atoms with Gasteiger partial charge in [-0.1, -0.05) is 0 Å². The van der Waals surface area contributed by atoms with E-state index in [0.29, 0.717) is 6.04 Å². The van der Waals surface area contributed by atoms with Gasteiger partial charge in [0, 0.05) is 31.9 Å². The molecule has 0 radical (unpaired) electrons. The molecule has 1 aliphatic heterocycles. The highest BCUT2D eigenvalue weighted by Gasteiger charge is 2.19. The molecule has 0 amide bonds. The molecule has 0 aliphatic carbocycles. The van der Waals surface area contributed by atoms with Crippen molar-refractivity contribution < 1.29 is 0 Å². The lowest BCUT2D eigenvalue weighted by Gasteiger charge is -2.33. The summed E-state index contributed by atoms with van der Waals surface area (Å²) >= 11 is 0. The Morgan fingerprint density at radius 3 is 2.92 bits per heavy atom. The van der Waals surface area contributed by atoms with Crippen molar-refractivity contribution in [2.24, 2.45) is 7.05 Å². The van der Waals surface area contributed by atoms with E-state index < -0.39 is 0 Å². The first-order valence-corrected chi connectivity index (χ1v) is 5.03. The summed E-state index contributed by atoms with van der Waals surface area (Å²) < 4.78 is 1.87. The van der Waals surface area contributed by atoms with Crippen LogP contribution in [-0.4, -0.2) is 22.4 Å². The van der Waals surface area contributed by atoms with Gasteiger partial charge in [0.25, 0.3) is 0 Å². The van der Waals surface area contributed by atoms with Crippen molar-refractivity contribution in [3.05, 3.63) is 12.3 Å². The molecule has 2 rings (SSSR count). The van der Waals surface area contributed by atoms with Gasteiger partial charge in [-0.05, 0) is 26.2 Å². The number of hydrogen-bond donors (Lipinski definition) is 0. The fourth-order valence-corrected chi connectivity index (χ4v) is 1.99. The van der Waals surface area contributed by atoms with Crippen LogP contribution in [0.1, 0.15) is 26.2 Å². The number of aromatic nitrogens is 2. The van der Waals surface area contributed by atoms with E-state index >= 15 is 0 Å². The minimum atomic E-state index is 0.656. The van der Waals surface area contributed by atoms with Crippen LogP contribution in [0, 0.1) is 0 Å². The van der Waals surface area contributed by atoms with E-state index in [1.54, 1.807) is 0 Å². The highest BCUT2D eigenvalue weighted by molar-refractivity contribution is 5.38. The molecule has 72 valence electrons. The Labute approximate surface area is 79.3 Å². The molecule has 1 atom stereocenters. The number of anilines is 1. The lowest BCUT2D eigenvalue weighted by molar-refractivity contribution is 0.479. The van der Waals surface area contributed by atoms with E-state index in [1.165, 1.54) is 19.3 Å². The van der Waals surface area contributed by atoms with Crippen molar-refractivity contribution in [1.82, 2.24) is 9.78 Å². The van der Waals surface area contributed by atoms with Gasteiger partial charge in [-0.15, -0.1) is 0 Å². The second kappa shape index (κ2) is 3.40. The van der Waals surface area contributed by atoms with E-state index in [4.69, 9.17) is 0 Å². The third kappa shape index (κ3) is 1.69. The van der Waals surface area contributed by atoms with Gasteiger partial charge >= 0.3 is 0 Å². The third-order valence-electron chi connectivity index (χ3n) is 2.80. The van der Waals surface area contributed by atoms with Crippen molar-refractivity contribution in [2.75, 3.05) is 11.4 Å². The van der Waals surface area contributed by atoms with E-state index in [-0.39, 0.29) is 0 Å². The van der Waals surface area contributed by atoms with Crippen molar-refractivity contribution >= 4 is 5.82 Å². The van der Waals surface area contributed by atoms with Crippen molar-refractivity contribution in [3.8, 4) is 0 Å².